The number of hydrogen-bond acceptors (Lipinski definition) is 2. The number of phenolic OH excluding ortho intramolecular Hbond substituents is 1. The van der Waals surface area contributed by atoms with Crippen molar-refractivity contribution in [3.8, 4) is 5.75 Å². The number of nitrogens with two attached hydrogens (primary N) is 1. The van der Waals surface area contributed by atoms with E-state index in [0.29, 0.717) is 12.3 Å². The smallest absolute Gasteiger partial charge is 0.119 e. The fourth-order valence-corrected chi connectivity index (χ4v) is 2.62. The molecule has 2 heteroatoms. The molecule has 3 N–H and O–H groups in total. The third-order valence-electron chi connectivity index (χ3n) is 3.80. The van der Waals surface area contributed by atoms with Gasteiger partial charge in [-0.1, -0.05) is 55.0 Å². The zero-order chi connectivity index (χ0) is 13.9. The van der Waals surface area contributed by atoms with Crippen LogP contribution in [-0.4, -0.2) is 11.7 Å². The van der Waals surface area contributed by atoms with E-state index in [-0.39, 0.29) is 5.41 Å². The second kappa shape index (κ2) is 5.45. The number of rotatable bonds is 4. The van der Waals surface area contributed by atoms with Gasteiger partial charge in [-0.15, -0.1) is 0 Å². The summed E-state index contributed by atoms with van der Waals surface area (Å²) in [5, 5.41) is 10.2. The standard InChI is InChI=1S/C17H21NO/c1-13-8-9-16(19)15(12-13)17(2,10-11-18)14-6-4-3-5-7-14/h3-9,12,19H,10-11,18H2,1-2H3. The largest absolute Gasteiger partial charge is 0.508 e. The third kappa shape index (κ3) is 2.64. The Kier molecular flexibility index (Phi) is 3.91. The van der Waals surface area contributed by atoms with Crippen LogP contribution in [-0.2, 0) is 5.41 Å². The van der Waals surface area contributed by atoms with Crippen LogP contribution in [0.1, 0.15) is 30.0 Å². The number of aromatic hydroxyl groups is 1. The molecule has 0 saturated heterocycles. The van der Waals surface area contributed by atoms with Gasteiger partial charge in [-0.05, 0) is 31.5 Å². The number of phenols is 1. The van der Waals surface area contributed by atoms with Gasteiger partial charge in [0, 0.05) is 11.0 Å². The average Bonchev–Trinajstić information content (AvgIpc) is 2.42. The molecule has 0 aromatic heterocycles. The highest BCUT2D eigenvalue weighted by atomic mass is 16.3. The lowest BCUT2D eigenvalue weighted by atomic mass is 9.73. The van der Waals surface area contributed by atoms with Gasteiger partial charge in [-0.25, -0.2) is 0 Å². The molecule has 0 aliphatic carbocycles. The zero-order valence-electron chi connectivity index (χ0n) is 11.6. The van der Waals surface area contributed by atoms with Gasteiger partial charge >= 0.3 is 0 Å². The molecule has 0 bridgehead atoms. The monoisotopic (exact) mass is 255 g/mol. The molecule has 2 rings (SSSR count). The third-order valence-corrected chi connectivity index (χ3v) is 3.80. The van der Waals surface area contributed by atoms with Crippen molar-refractivity contribution in [1.82, 2.24) is 0 Å². The van der Waals surface area contributed by atoms with Crippen molar-refractivity contribution < 1.29 is 5.11 Å². The number of aryl methyl sites for hydroxylation is 1. The van der Waals surface area contributed by atoms with Gasteiger partial charge in [0.15, 0.2) is 0 Å². The summed E-state index contributed by atoms with van der Waals surface area (Å²) in [5.74, 6) is 0.338. The van der Waals surface area contributed by atoms with E-state index in [9.17, 15) is 5.11 Å². The molecule has 2 aromatic rings. The Morgan fingerprint density at radius 1 is 1.11 bits per heavy atom. The Morgan fingerprint density at radius 3 is 2.42 bits per heavy atom. The van der Waals surface area contributed by atoms with E-state index in [1.807, 2.05) is 31.2 Å². The minimum atomic E-state index is -0.258. The molecule has 2 aromatic carbocycles. The van der Waals surface area contributed by atoms with Crippen LogP contribution in [0, 0.1) is 6.92 Å². The molecule has 2 nitrogen and oxygen atoms in total. The van der Waals surface area contributed by atoms with E-state index in [0.717, 1.165) is 17.5 Å². The maximum absolute atomic E-state index is 10.2. The van der Waals surface area contributed by atoms with E-state index in [1.54, 1.807) is 6.07 Å². The fourth-order valence-electron chi connectivity index (χ4n) is 2.62. The Balaban J connectivity index is 2.59. The Labute approximate surface area is 114 Å². The van der Waals surface area contributed by atoms with Crippen LogP contribution in [0.2, 0.25) is 0 Å². The van der Waals surface area contributed by atoms with Gasteiger partial charge < -0.3 is 10.8 Å². The van der Waals surface area contributed by atoms with Crippen molar-refractivity contribution in [3.63, 3.8) is 0 Å². The first-order valence-electron chi connectivity index (χ1n) is 6.63. The maximum Gasteiger partial charge on any atom is 0.119 e. The highest BCUT2D eigenvalue weighted by Crippen LogP contribution is 2.39. The Bertz CT molecular complexity index is 550. The highest BCUT2D eigenvalue weighted by Gasteiger charge is 2.30. The van der Waals surface area contributed by atoms with Crippen molar-refractivity contribution in [2.45, 2.75) is 25.7 Å². The van der Waals surface area contributed by atoms with Crippen molar-refractivity contribution in [2.24, 2.45) is 5.73 Å². The average molecular weight is 255 g/mol. The molecule has 0 amide bonds. The predicted molar refractivity (Wildman–Crippen MR) is 79.4 cm³/mol. The summed E-state index contributed by atoms with van der Waals surface area (Å²) in [4.78, 5) is 0. The molecule has 1 atom stereocenters. The molecule has 0 aliphatic heterocycles. The number of benzene rings is 2. The summed E-state index contributed by atoms with van der Waals surface area (Å²) in [6.45, 7) is 4.76. The van der Waals surface area contributed by atoms with Gasteiger partial charge in [0.1, 0.15) is 5.75 Å². The first-order valence-corrected chi connectivity index (χ1v) is 6.63. The molecular weight excluding hydrogens is 234 g/mol. The molecule has 100 valence electrons. The molecule has 0 heterocycles. The summed E-state index contributed by atoms with van der Waals surface area (Å²) in [5.41, 5.74) is 8.81. The first-order chi connectivity index (χ1) is 9.08. The second-order valence-electron chi connectivity index (χ2n) is 5.26. The lowest BCUT2D eigenvalue weighted by Crippen LogP contribution is -2.27. The van der Waals surface area contributed by atoms with Crippen LogP contribution in [0.25, 0.3) is 0 Å². The van der Waals surface area contributed by atoms with Gasteiger partial charge in [-0.2, -0.15) is 0 Å². The zero-order valence-corrected chi connectivity index (χ0v) is 11.6. The SMILES string of the molecule is Cc1ccc(O)c(C(C)(CCN)c2ccccc2)c1. The van der Waals surface area contributed by atoms with Gasteiger partial charge in [0.25, 0.3) is 0 Å². The quantitative estimate of drug-likeness (QED) is 0.880. The van der Waals surface area contributed by atoms with Crippen molar-refractivity contribution >= 4 is 0 Å². The minimum Gasteiger partial charge on any atom is -0.508 e. The second-order valence-corrected chi connectivity index (χ2v) is 5.26. The van der Waals surface area contributed by atoms with Crippen LogP contribution in [0.4, 0.5) is 0 Å². The molecule has 0 spiro atoms. The lowest BCUT2D eigenvalue weighted by molar-refractivity contribution is 0.437. The molecule has 0 saturated carbocycles. The fraction of sp³-hybridized carbons (Fsp3) is 0.294. The van der Waals surface area contributed by atoms with Crippen molar-refractivity contribution in [2.75, 3.05) is 6.54 Å². The molecule has 0 aliphatic rings. The Hall–Kier alpha value is -1.80. The summed E-state index contributed by atoms with van der Waals surface area (Å²) >= 11 is 0. The van der Waals surface area contributed by atoms with Crippen molar-refractivity contribution in [1.29, 1.82) is 0 Å². The van der Waals surface area contributed by atoms with Crippen LogP contribution in [0.15, 0.2) is 48.5 Å². The van der Waals surface area contributed by atoms with Gasteiger partial charge in [0.2, 0.25) is 0 Å². The summed E-state index contributed by atoms with van der Waals surface area (Å²) < 4.78 is 0. The van der Waals surface area contributed by atoms with E-state index in [2.05, 4.69) is 25.1 Å². The minimum absolute atomic E-state index is 0.258. The van der Waals surface area contributed by atoms with E-state index < -0.39 is 0 Å². The first kappa shape index (κ1) is 13.6. The van der Waals surface area contributed by atoms with Crippen LogP contribution < -0.4 is 5.73 Å². The molecule has 19 heavy (non-hydrogen) atoms. The summed E-state index contributed by atoms with van der Waals surface area (Å²) in [6, 6.07) is 16.0. The summed E-state index contributed by atoms with van der Waals surface area (Å²) in [6.07, 6.45) is 0.800. The van der Waals surface area contributed by atoms with E-state index >= 15 is 0 Å². The van der Waals surface area contributed by atoms with Gasteiger partial charge in [-0.3, -0.25) is 0 Å². The normalized spacial score (nSPS) is 14.1. The predicted octanol–water partition coefficient (Wildman–Crippen LogP) is 3.36. The van der Waals surface area contributed by atoms with Crippen LogP contribution in [0.3, 0.4) is 0 Å². The molecule has 0 fully saturated rings. The van der Waals surface area contributed by atoms with Gasteiger partial charge in [0.05, 0.1) is 0 Å². The number of hydrogen-bond donors (Lipinski definition) is 2. The van der Waals surface area contributed by atoms with Crippen molar-refractivity contribution in [3.05, 3.63) is 65.2 Å². The topological polar surface area (TPSA) is 46.2 Å². The van der Waals surface area contributed by atoms with E-state index in [4.69, 9.17) is 5.73 Å². The molecule has 0 radical (unpaired) electrons. The molecular formula is C17H21NO. The van der Waals surface area contributed by atoms with Crippen LogP contribution >= 0.6 is 0 Å². The van der Waals surface area contributed by atoms with Crippen LogP contribution in [0.5, 0.6) is 5.75 Å². The lowest BCUT2D eigenvalue weighted by Gasteiger charge is -2.31. The molecule has 1 unspecified atom stereocenters. The highest BCUT2D eigenvalue weighted by molar-refractivity contribution is 5.47. The summed E-state index contributed by atoms with van der Waals surface area (Å²) in [7, 11) is 0. The Morgan fingerprint density at radius 2 is 1.79 bits per heavy atom. The van der Waals surface area contributed by atoms with E-state index in [1.165, 1.54) is 5.56 Å². The maximum atomic E-state index is 10.2.